The zero-order chi connectivity index (χ0) is 15.6. The Morgan fingerprint density at radius 3 is 2.52 bits per heavy atom. The number of aryl methyl sites for hydroxylation is 2. The zero-order valence-corrected chi connectivity index (χ0v) is 13.5. The Balaban J connectivity index is 2.36. The van der Waals surface area contributed by atoms with Crippen molar-refractivity contribution >= 4 is 27.5 Å². The first-order chi connectivity index (χ1) is 9.92. The number of carbonyl (C=O) groups excluding carboxylic acids is 1. The van der Waals surface area contributed by atoms with Gasteiger partial charge in [0, 0.05) is 10.0 Å². The maximum absolute atomic E-state index is 13.1. The Labute approximate surface area is 131 Å². The van der Waals surface area contributed by atoms with E-state index in [4.69, 9.17) is 4.74 Å². The van der Waals surface area contributed by atoms with E-state index >= 15 is 0 Å². The summed E-state index contributed by atoms with van der Waals surface area (Å²) in [4.78, 5) is 12.4. The fraction of sp³-hybridized carbons (Fsp3) is 0.188. The standard InChI is InChI=1S/C16H15BrFNO2/c1-9-7-12(18)4-5-13(9)16(20)19-15-10(2)6-11(17)8-14(15)21-3/h4-8H,1-3H3,(H,19,20). The lowest BCUT2D eigenvalue weighted by Gasteiger charge is -2.14. The molecule has 0 bridgehead atoms. The van der Waals surface area contributed by atoms with Crippen LogP contribution in [-0.4, -0.2) is 13.0 Å². The first kappa shape index (κ1) is 15.5. The smallest absolute Gasteiger partial charge is 0.256 e. The Kier molecular flexibility index (Phi) is 4.63. The molecule has 0 aliphatic carbocycles. The molecule has 3 nitrogen and oxygen atoms in total. The lowest BCUT2D eigenvalue weighted by atomic mass is 10.1. The molecule has 2 aromatic carbocycles. The first-order valence-electron chi connectivity index (χ1n) is 6.34. The van der Waals surface area contributed by atoms with E-state index in [1.54, 1.807) is 20.1 Å². The van der Waals surface area contributed by atoms with Crippen LogP contribution < -0.4 is 10.1 Å². The highest BCUT2D eigenvalue weighted by atomic mass is 79.9. The van der Waals surface area contributed by atoms with Crippen molar-refractivity contribution in [2.45, 2.75) is 13.8 Å². The monoisotopic (exact) mass is 351 g/mol. The van der Waals surface area contributed by atoms with Gasteiger partial charge >= 0.3 is 0 Å². The van der Waals surface area contributed by atoms with E-state index in [9.17, 15) is 9.18 Å². The van der Waals surface area contributed by atoms with Crippen LogP contribution in [0.15, 0.2) is 34.8 Å². The average molecular weight is 352 g/mol. The van der Waals surface area contributed by atoms with Crippen molar-refractivity contribution in [3.05, 3.63) is 57.3 Å². The number of rotatable bonds is 3. The van der Waals surface area contributed by atoms with Gasteiger partial charge in [-0.1, -0.05) is 15.9 Å². The molecule has 0 aliphatic heterocycles. The lowest BCUT2D eigenvalue weighted by Crippen LogP contribution is -2.15. The number of amides is 1. The number of nitrogens with one attached hydrogen (secondary N) is 1. The molecule has 0 fully saturated rings. The van der Waals surface area contributed by atoms with Gasteiger partial charge in [-0.2, -0.15) is 0 Å². The second kappa shape index (κ2) is 6.26. The number of hydrogen-bond donors (Lipinski definition) is 1. The SMILES string of the molecule is COc1cc(Br)cc(C)c1NC(=O)c1ccc(F)cc1C. The summed E-state index contributed by atoms with van der Waals surface area (Å²) in [6.07, 6.45) is 0. The zero-order valence-electron chi connectivity index (χ0n) is 12.0. The van der Waals surface area contributed by atoms with E-state index < -0.39 is 0 Å². The molecule has 0 aromatic heterocycles. The van der Waals surface area contributed by atoms with Crippen molar-refractivity contribution < 1.29 is 13.9 Å². The number of anilines is 1. The topological polar surface area (TPSA) is 38.3 Å². The van der Waals surface area contributed by atoms with Gasteiger partial charge in [-0.25, -0.2) is 4.39 Å². The first-order valence-corrected chi connectivity index (χ1v) is 7.13. The van der Waals surface area contributed by atoms with E-state index in [0.29, 0.717) is 22.6 Å². The largest absolute Gasteiger partial charge is 0.495 e. The molecule has 0 spiro atoms. The van der Waals surface area contributed by atoms with E-state index in [-0.39, 0.29) is 11.7 Å². The molecule has 0 unspecified atom stereocenters. The van der Waals surface area contributed by atoms with Crippen LogP contribution in [0, 0.1) is 19.7 Å². The quantitative estimate of drug-likeness (QED) is 0.885. The summed E-state index contributed by atoms with van der Waals surface area (Å²) in [5, 5.41) is 2.83. The van der Waals surface area contributed by atoms with Crippen molar-refractivity contribution in [1.82, 2.24) is 0 Å². The Bertz CT molecular complexity index is 701. The number of methoxy groups -OCH3 is 1. The van der Waals surface area contributed by atoms with Gasteiger partial charge in [0.2, 0.25) is 0 Å². The van der Waals surface area contributed by atoms with Crippen molar-refractivity contribution in [3.8, 4) is 5.75 Å². The van der Waals surface area contributed by atoms with Gasteiger partial charge in [0.1, 0.15) is 11.6 Å². The fourth-order valence-corrected chi connectivity index (χ4v) is 2.65. The van der Waals surface area contributed by atoms with Gasteiger partial charge in [0.15, 0.2) is 0 Å². The van der Waals surface area contributed by atoms with Gasteiger partial charge < -0.3 is 10.1 Å². The molecule has 110 valence electrons. The molecule has 1 N–H and O–H groups in total. The Morgan fingerprint density at radius 1 is 1.19 bits per heavy atom. The van der Waals surface area contributed by atoms with Crippen LogP contribution in [0.5, 0.6) is 5.75 Å². The van der Waals surface area contributed by atoms with E-state index in [1.165, 1.54) is 18.2 Å². The molecule has 0 saturated carbocycles. The Hall–Kier alpha value is -1.88. The second-order valence-corrected chi connectivity index (χ2v) is 5.63. The van der Waals surface area contributed by atoms with Gasteiger partial charge in [-0.05, 0) is 55.3 Å². The predicted octanol–water partition coefficient (Wildman–Crippen LogP) is 4.47. The summed E-state index contributed by atoms with van der Waals surface area (Å²) in [7, 11) is 1.54. The summed E-state index contributed by atoms with van der Waals surface area (Å²) in [6.45, 7) is 3.57. The van der Waals surface area contributed by atoms with Crippen molar-refractivity contribution in [2.75, 3.05) is 12.4 Å². The van der Waals surface area contributed by atoms with Crippen LogP contribution in [0.1, 0.15) is 21.5 Å². The number of halogens is 2. The lowest BCUT2D eigenvalue weighted by molar-refractivity contribution is 0.102. The molecule has 0 atom stereocenters. The highest BCUT2D eigenvalue weighted by Crippen LogP contribution is 2.32. The highest BCUT2D eigenvalue weighted by Gasteiger charge is 2.15. The third-order valence-electron chi connectivity index (χ3n) is 3.16. The minimum atomic E-state index is -0.360. The van der Waals surface area contributed by atoms with Crippen LogP contribution in [0.4, 0.5) is 10.1 Å². The van der Waals surface area contributed by atoms with Crippen LogP contribution in [0.2, 0.25) is 0 Å². The predicted molar refractivity (Wildman–Crippen MR) is 84.5 cm³/mol. The average Bonchev–Trinajstić information content (AvgIpc) is 2.41. The number of carbonyl (C=O) groups is 1. The normalized spacial score (nSPS) is 10.3. The molecule has 0 radical (unpaired) electrons. The molecule has 21 heavy (non-hydrogen) atoms. The number of benzene rings is 2. The van der Waals surface area contributed by atoms with Crippen molar-refractivity contribution in [1.29, 1.82) is 0 Å². The van der Waals surface area contributed by atoms with Crippen molar-refractivity contribution in [3.63, 3.8) is 0 Å². The maximum Gasteiger partial charge on any atom is 0.256 e. The van der Waals surface area contributed by atoms with Gasteiger partial charge in [0.05, 0.1) is 12.8 Å². The van der Waals surface area contributed by atoms with E-state index in [0.717, 1.165) is 10.0 Å². The van der Waals surface area contributed by atoms with Gasteiger partial charge in [-0.3, -0.25) is 4.79 Å². The van der Waals surface area contributed by atoms with Gasteiger partial charge in [-0.15, -0.1) is 0 Å². The third kappa shape index (κ3) is 3.42. The molecule has 0 heterocycles. The summed E-state index contributed by atoms with van der Waals surface area (Å²) in [5.74, 6) is -0.0901. The van der Waals surface area contributed by atoms with Crippen LogP contribution in [0.25, 0.3) is 0 Å². The molecule has 0 saturated heterocycles. The number of hydrogen-bond acceptors (Lipinski definition) is 2. The third-order valence-corrected chi connectivity index (χ3v) is 3.61. The Morgan fingerprint density at radius 2 is 1.90 bits per heavy atom. The maximum atomic E-state index is 13.1. The molecule has 1 amide bonds. The van der Waals surface area contributed by atoms with Crippen molar-refractivity contribution in [2.24, 2.45) is 0 Å². The summed E-state index contributed by atoms with van der Waals surface area (Å²) in [5.41, 5.74) is 2.49. The molecular weight excluding hydrogens is 337 g/mol. The van der Waals surface area contributed by atoms with E-state index in [2.05, 4.69) is 21.2 Å². The second-order valence-electron chi connectivity index (χ2n) is 4.71. The molecule has 2 aromatic rings. The highest BCUT2D eigenvalue weighted by molar-refractivity contribution is 9.10. The van der Waals surface area contributed by atoms with Crippen LogP contribution in [-0.2, 0) is 0 Å². The van der Waals surface area contributed by atoms with Crippen LogP contribution >= 0.6 is 15.9 Å². The minimum absolute atomic E-state index is 0.295. The molecule has 2 rings (SSSR count). The molecule has 5 heteroatoms. The van der Waals surface area contributed by atoms with Crippen LogP contribution in [0.3, 0.4) is 0 Å². The number of ether oxygens (including phenoxy) is 1. The minimum Gasteiger partial charge on any atom is -0.495 e. The summed E-state index contributed by atoms with van der Waals surface area (Å²) >= 11 is 3.38. The molecular formula is C16H15BrFNO2. The van der Waals surface area contributed by atoms with Gasteiger partial charge in [0.25, 0.3) is 5.91 Å². The molecule has 0 aliphatic rings. The summed E-state index contributed by atoms with van der Waals surface area (Å²) in [6, 6.07) is 7.74. The van der Waals surface area contributed by atoms with E-state index in [1.807, 2.05) is 13.0 Å². The summed E-state index contributed by atoms with van der Waals surface area (Å²) < 4.78 is 19.3. The fourth-order valence-electron chi connectivity index (χ4n) is 2.10.